The first-order valence-corrected chi connectivity index (χ1v) is 18.5. The third-order valence-corrected chi connectivity index (χ3v) is 10.7. The number of para-hydroxylation sites is 1. The van der Waals surface area contributed by atoms with Gasteiger partial charge < -0.3 is 4.42 Å². The molecule has 4 nitrogen and oxygen atoms in total. The van der Waals surface area contributed by atoms with Crippen molar-refractivity contribution in [3.63, 3.8) is 0 Å². The molecule has 0 unspecified atom stereocenters. The molecule has 0 radical (unpaired) electrons. The zero-order valence-electron chi connectivity index (χ0n) is 29.6. The summed E-state index contributed by atoms with van der Waals surface area (Å²) in [5, 5.41) is 9.08. The second kappa shape index (κ2) is 12.6. The van der Waals surface area contributed by atoms with Crippen LogP contribution in [0.3, 0.4) is 0 Å². The van der Waals surface area contributed by atoms with Gasteiger partial charge in [-0.3, -0.25) is 0 Å². The van der Waals surface area contributed by atoms with E-state index in [2.05, 4.69) is 140 Å². The van der Waals surface area contributed by atoms with Crippen molar-refractivity contribution in [3.8, 4) is 56.4 Å². The van der Waals surface area contributed by atoms with E-state index in [9.17, 15) is 0 Å². The Morgan fingerprint density at radius 3 is 1.36 bits per heavy atom. The third-order valence-electron chi connectivity index (χ3n) is 10.7. The van der Waals surface area contributed by atoms with Gasteiger partial charge in [-0.2, -0.15) is 0 Å². The molecule has 11 rings (SSSR count). The van der Waals surface area contributed by atoms with Gasteiger partial charge in [0, 0.05) is 38.4 Å². The van der Waals surface area contributed by atoms with E-state index in [-0.39, 0.29) is 0 Å². The summed E-state index contributed by atoms with van der Waals surface area (Å²) in [4.78, 5) is 15.5. The van der Waals surface area contributed by atoms with Crippen LogP contribution in [0.2, 0.25) is 0 Å². The highest BCUT2D eigenvalue weighted by Gasteiger charge is 2.22. The van der Waals surface area contributed by atoms with E-state index in [1.807, 2.05) is 48.5 Å². The molecular formula is C51H31N3O. The first-order valence-electron chi connectivity index (χ1n) is 18.5. The second-order valence-electron chi connectivity index (χ2n) is 13.9. The highest BCUT2D eigenvalue weighted by molar-refractivity contribution is 6.22. The molecular weight excluding hydrogens is 671 g/mol. The third kappa shape index (κ3) is 5.11. The van der Waals surface area contributed by atoms with Gasteiger partial charge in [-0.1, -0.05) is 176 Å². The SMILES string of the molecule is c1ccc(-c2nc(-c3ccccc3)nc(-c3c(-c4ccc(-c5cc6c7ccccc7oc6c6ccccc56)cc4)c4ccccc4c4ccccc34)n2)cc1. The lowest BCUT2D eigenvalue weighted by molar-refractivity contribution is 0.672. The van der Waals surface area contributed by atoms with Crippen molar-refractivity contribution in [2.24, 2.45) is 0 Å². The normalized spacial score (nSPS) is 11.6. The zero-order chi connectivity index (χ0) is 36.3. The average molecular weight is 702 g/mol. The summed E-state index contributed by atoms with van der Waals surface area (Å²) in [6.45, 7) is 0. The Morgan fingerprint density at radius 2 is 0.745 bits per heavy atom. The number of furan rings is 1. The van der Waals surface area contributed by atoms with Crippen LogP contribution in [0.5, 0.6) is 0 Å². The van der Waals surface area contributed by atoms with Crippen LogP contribution < -0.4 is 0 Å². The molecule has 0 bridgehead atoms. The molecule has 11 aromatic rings. The molecule has 2 heterocycles. The summed E-state index contributed by atoms with van der Waals surface area (Å²) < 4.78 is 6.42. The van der Waals surface area contributed by atoms with Gasteiger partial charge >= 0.3 is 0 Å². The molecule has 0 saturated carbocycles. The van der Waals surface area contributed by atoms with Crippen LogP contribution in [0.1, 0.15) is 0 Å². The largest absolute Gasteiger partial charge is 0.455 e. The van der Waals surface area contributed by atoms with Crippen LogP contribution in [-0.4, -0.2) is 15.0 Å². The maximum atomic E-state index is 6.42. The molecule has 2 aromatic heterocycles. The van der Waals surface area contributed by atoms with Crippen molar-refractivity contribution in [3.05, 3.63) is 188 Å². The lowest BCUT2D eigenvalue weighted by Crippen LogP contribution is -2.02. The van der Waals surface area contributed by atoms with Gasteiger partial charge in [-0.15, -0.1) is 0 Å². The Bertz CT molecular complexity index is 3180. The topological polar surface area (TPSA) is 51.8 Å². The predicted octanol–water partition coefficient (Wildman–Crippen LogP) is 13.6. The minimum absolute atomic E-state index is 0.636. The van der Waals surface area contributed by atoms with E-state index in [1.54, 1.807) is 0 Å². The van der Waals surface area contributed by atoms with Gasteiger partial charge in [0.15, 0.2) is 17.5 Å². The predicted molar refractivity (Wildman–Crippen MR) is 227 cm³/mol. The minimum Gasteiger partial charge on any atom is -0.455 e. The quantitative estimate of drug-likeness (QED) is 0.168. The molecule has 0 fully saturated rings. The maximum Gasteiger partial charge on any atom is 0.165 e. The summed E-state index contributed by atoms with van der Waals surface area (Å²) in [7, 11) is 0. The van der Waals surface area contributed by atoms with E-state index in [0.717, 1.165) is 82.3 Å². The Labute approximate surface area is 317 Å². The molecule has 0 saturated heterocycles. The second-order valence-corrected chi connectivity index (χ2v) is 13.9. The molecule has 0 aliphatic carbocycles. The Balaban J connectivity index is 1.17. The molecule has 0 amide bonds. The van der Waals surface area contributed by atoms with Gasteiger partial charge in [-0.25, -0.2) is 15.0 Å². The van der Waals surface area contributed by atoms with Crippen molar-refractivity contribution in [2.45, 2.75) is 0 Å². The maximum absolute atomic E-state index is 6.42. The fourth-order valence-electron chi connectivity index (χ4n) is 8.20. The van der Waals surface area contributed by atoms with E-state index < -0.39 is 0 Å². The van der Waals surface area contributed by atoms with Crippen LogP contribution in [0.15, 0.2) is 192 Å². The Morgan fingerprint density at radius 1 is 0.291 bits per heavy atom. The molecule has 9 aromatic carbocycles. The number of hydrogen-bond acceptors (Lipinski definition) is 4. The van der Waals surface area contributed by atoms with Crippen molar-refractivity contribution >= 4 is 54.3 Å². The van der Waals surface area contributed by atoms with E-state index >= 15 is 0 Å². The number of hydrogen-bond donors (Lipinski definition) is 0. The first kappa shape index (κ1) is 31.1. The van der Waals surface area contributed by atoms with Crippen molar-refractivity contribution in [2.75, 3.05) is 0 Å². The minimum atomic E-state index is 0.636. The molecule has 4 heteroatoms. The molecule has 0 aliphatic heterocycles. The molecule has 0 atom stereocenters. The van der Waals surface area contributed by atoms with E-state index in [4.69, 9.17) is 19.4 Å². The number of fused-ring (bicyclic) bond motifs is 8. The molecule has 55 heavy (non-hydrogen) atoms. The van der Waals surface area contributed by atoms with Crippen LogP contribution in [0.25, 0.3) is 111 Å². The zero-order valence-corrected chi connectivity index (χ0v) is 29.6. The van der Waals surface area contributed by atoms with Crippen LogP contribution in [0, 0.1) is 0 Å². The number of benzene rings is 9. The molecule has 0 aliphatic rings. The highest BCUT2D eigenvalue weighted by Crippen LogP contribution is 2.45. The summed E-state index contributed by atoms with van der Waals surface area (Å²) in [5.41, 5.74) is 9.16. The smallest absolute Gasteiger partial charge is 0.165 e. The number of nitrogens with zero attached hydrogens (tertiary/aromatic N) is 3. The van der Waals surface area contributed by atoms with Crippen molar-refractivity contribution < 1.29 is 4.42 Å². The molecule has 0 N–H and O–H groups in total. The van der Waals surface area contributed by atoms with Gasteiger partial charge in [0.2, 0.25) is 0 Å². The average Bonchev–Trinajstić information content (AvgIpc) is 3.65. The van der Waals surface area contributed by atoms with E-state index in [1.165, 1.54) is 10.9 Å². The van der Waals surface area contributed by atoms with Crippen molar-refractivity contribution in [1.82, 2.24) is 15.0 Å². The highest BCUT2D eigenvalue weighted by atomic mass is 16.3. The van der Waals surface area contributed by atoms with Gasteiger partial charge in [0.25, 0.3) is 0 Å². The lowest BCUT2D eigenvalue weighted by Gasteiger charge is -2.18. The van der Waals surface area contributed by atoms with Crippen LogP contribution in [0.4, 0.5) is 0 Å². The summed E-state index contributed by atoms with van der Waals surface area (Å²) in [6, 6.07) is 65.7. The molecule has 256 valence electrons. The molecule has 0 spiro atoms. The summed E-state index contributed by atoms with van der Waals surface area (Å²) in [5.74, 6) is 1.91. The Kier molecular flexibility index (Phi) is 7.14. The van der Waals surface area contributed by atoms with E-state index in [0.29, 0.717) is 17.5 Å². The Hall–Kier alpha value is -7.43. The standard InChI is InChI=1S/C51H31N3O/c1-3-15-34(16-4-1)49-52-50(35-17-5-2-6-18-35)54-51(53-49)47-41-24-11-8-20-37(41)36-19-7-10-23-40(36)46(47)33-29-27-32(28-30-33)43-31-44-39-22-13-14-26-45(39)55-48(44)42-25-12-9-21-38(42)43/h1-31H. The number of rotatable bonds is 5. The van der Waals surface area contributed by atoms with Crippen LogP contribution >= 0.6 is 0 Å². The number of aromatic nitrogens is 3. The van der Waals surface area contributed by atoms with Crippen LogP contribution in [-0.2, 0) is 0 Å². The summed E-state index contributed by atoms with van der Waals surface area (Å²) >= 11 is 0. The van der Waals surface area contributed by atoms with Gasteiger partial charge in [-0.05, 0) is 55.8 Å². The fraction of sp³-hybridized carbons (Fsp3) is 0. The monoisotopic (exact) mass is 701 g/mol. The lowest BCUT2D eigenvalue weighted by atomic mass is 9.86. The summed E-state index contributed by atoms with van der Waals surface area (Å²) in [6.07, 6.45) is 0. The first-order chi connectivity index (χ1) is 27.3. The van der Waals surface area contributed by atoms with Gasteiger partial charge in [0.1, 0.15) is 11.2 Å². The van der Waals surface area contributed by atoms with Gasteiger partial charge in [0.05, 0.1) is 0 Å². The van der Waals surface area contributed by atoms with Crippen molar-refractivity contribution in [1.29, 1.82) is 0 Å². The fourth-order valence-corrected chi connectivity index (χ4v) is 8.20.